The van der Waals surface area contributed by atoms with E-state index in [2.05, 4.69) is 65.7 Å². The molecular formula is C31H42N10O16S4. The zero-order chi connectivity index (χ0) is 43.8. The van der Waals surface area contributed by atoms with Gasteiger partial charge in [0.15, 0.2) is 0 Å². The number of amides is 2. The van der Waals surface area contributed by atoms with Crippen molar-refractivity contribution in [2.75, 3.05) is 48.1 Å². The monoisotopic (exact) mass is 938 g/mol. The van der Waals surface area contributed by atoms with Gasteiger partial charge in [-0.05, 0) is 19.8 Å². The fourth-order valence-corrected chi connectivity index (χ4v) is 6.49. The SMILES string of the molecule is COOSc1nnc(CC(CC(=O)CCCN(CCNC(=O)CC(Cc2nnc(SOOC)o2)c2nnc(SOOC)o2)C(=O)CCCC(C)=O)c2nnc(SOOC)o2)o1. The Bertz CT molecular complexity index is 1810. The number of hydrogen-bond donors (Lipinski definition) is 1. The molecule has 0 saturated heterocycles. The van der Waals surface area contributed by atoms with Crippen molar-refractivity contribution in [2.45, 2.75) is 97.4 Å². The Morgan fingerprint density at radius 1 is 0.590 bits per heavy atom. The maximum Gasteiger partial charge on any atom is 0.307 e. The summed E-state index contributed by atoms with van der Waals surface area (Å²) in [5.74, 6) is -1.74. The van der Waals surface area contributed by atoms with Crippen LogP contribution in [0, 0.1) is 0 Å². The number of ketones is 2. The Morgan fingerprint density at radius 2 is 1.07 bits per heavy atom. The fraction of sp³-hybridized carbons (Fsp3) is 0.613. The summed E-state index contributed by atoms with van der Waals surface area (Å²) in [6, 6.07) is 0. The smallest absolute Gasteiger partial charge is 0.307 e. The molecule has 4 heterocycles. The van der Waals surface area contributed by atoms with Gasteiger partial charge in [0.2, 0.25) is 35.4 Å². The molecule has 4 aromatic heterocycles. The zero-order valence-corrected chi connectivity index (χ0v) is 36.6. The van der Waals surface area contributed by atoms with Gasteiger partial charge in [-0.1, -0.05) is 20.4 Å². The molecule has 0 aliphatic heterocycles. The number of aromatic nitrogens is 8. The van der Waals surface area contributed by atoms with Crippen molar-refractivity contribution in [1.82, 2.24) is 51.0 Å². The third kappa shape index (κ3) is 18.4. The van der Waals surface area contributed by atoms with Crippen molar-refractivity contribution in [3.05, 3.63) is 23.6 Å². The molecule has 4 rings (SSSR count). The summed E-state index contributed by atoms with van der Waals surface area (Å²) in [7, 11) is 5.24. The fourth-order valence-electron chi connectivity index (χ4n) is 5.19. The van der Waals surface area contributed by atoms with Crippen molar-refractivity contribution in [3.63, 3.8) is 0 Å². The van der Waals surface area contributed by atoms with Gasteiger partial charge in [-0.3, -0.25) is 14.4 Å². The highest BCUT2D eigenvalue weighted by atomic mass is 32.2. The first-order valence-corrected chi connectivity index (χ1v) is 20.9. The summed E-state index contributed by atoms with van der Waals surface area (Å²) in [6.45, 7) is 1.81. The second kappa shape index (κ2) is 27.8. The minimum Gasteiger partial charge on any atom is -0.414 e. The Balaban J connectivity index is 1.36. The van der Waals surface area contributed by atoms with Crippen molar-refractivity contribution in [2.24, 2.45) is 0 Å². The Kier molecular flexibility index (Phi) is 22.6. The third-order valence-corrected chi connectivity index (χ3v) is 9.79. The van der Waals surface area contributed by atoms with E-state index in [0.717, 1.165) is 0 Å². The van der Waals surface area contributed by atoms with Crippen LogP contribution >= 0.6 is 48.2 Å². The summed E-state index contributed by atoms with van der Waals surface area (Å²) < 4.78 is 41.5. The number of carbonyl (C=O) groups is 4. The standard InChI is InChI=1S/C31H42N10O16S4/c1-18(42)8-6-10-25(45)41(12-7-9-21(43)14-19(26-35-39-30(52-26)60-56-48-4)16-23-33-37-28(50-23)58-54-46-2)13-11-32-22(44)15-20(27-36-40-31(53-27)61-57-49-5)17-24-34-38-29(51-24)59-55-47-3/h19-20H,6-17H2,1-5H3,(H,32,44). The topological polar surface area (TPSA) is 313 Å². The summed E-state index contributed by atoms with van der Waals surface area (Å²) in [5, 5.41) is 34.6. The summed E-state index contributed by atoms with van der Waals surface area (Å²) >= 11 is 2.78. The maximum absolute atomic E-state index is 13.4. The van der Waals surface area contributed by atoms with E-state index in [-0.39, 0.29) is 133 Å². The molecule has 26 nitrogen and oxygen atoms in total. The largest absolute Gasteiger partial charge is 0.414 e. The molecule has 0 aliphatic rings. The van der Waals surface area contributed by atoms with Crippen LogP contribution < -0.4 is 5.32 Å². The van der Waals surface area contributed by atoms with Gasteiger partial charge in [-0.2, -0.15) is 17.3 Å². The molecular weight excluding hydrogens is 897 g/mol. The van der Waals surface area contributed by atoms with Crippen LogP contribution in [0.25, 0.3) is 0 Å². The van der Waals surface area contributed by atoms with E-state index in [0.29, 0.717) is 54.6 Å². The number of carbonyl (C=O) groups excluding carboxylic acids is 4. The van der Waals surface area contributed by atoms with Crippen LogP contribution in [0.1, 0.15) is 87.3 Å². The van der Waals surface area contributed by atoms with Gasteiger partial charge >= 0.3 is 20.9 Å². The number of Topliss-reactive ketones (excluding diaryl/α,β-unsaturated/α-hetero) is 2. The van der Waals surface area contributed by atoms with Crippen molar-refractivity contribution in [1.29, 1.82) is 0 Å². The first-order chi connectivity index (χ1) is 29.6. The van der Waals surface area contributed by atoms with Gasteiger partial charge in [-0.25, -0.2) is 19.6 Å². The van der Waals surface area contributed by atoms with E-state index >= 15 is 0 Å². The van der Waals surface area contributed by atoms with Crippen LogP contribution in [-0.4, -0.2) is 117 Å². The molecule has 0 saturated carbocycles. The van der Waals surface area contributed by atoms with Crippen molar-refractivity contribution >= 4 is 71.6 Å². The Hall–Kier alpha value is -4.08. The third-order valence-electron chi connectivity index (χ3n) is 7.74. The molecule has 0 spiro atoms. The van der Waals surface area contributed by atoms with Gasteiger partial charge in [0.1, 0.15) is 59.7 Å². The predicted molar refractivity (Wildman–Crippen MR) is 203 cm³/mol. The highest BCUT2D eigenvalue weighted by molar-refractivity contribution is 7.94. The summed E-state index contributed by atoms with van der Waals surface area (Å²) in [5.41, 5.74) is 0. The number of rotatable bonds is 33. The van der Waals surface area contributed by atoms with Crippen molar-refractivity contribution < 1.29 is 73.7 Å². The van der Waals surface area contributed by atoms with E-state index in [1.54, 1.807) is 0 Å². The van der Waals surface area contributed by atoms with E-state index in [1.165, 1.54) is 40.3 Å². The Morgan fingerprint density at radius 3 is 1.56 bits per heavy atom. The first-order valence-electron chi connectivity index (χ1n) is 18.0. The highest BCUT2D eigenvalue weighted by Gasteiger charge is 2.28. The molecule has 61 heavy (non-hydrogen) atoms. The number of nitrogens with one attached hydrogen (secondary N) is 1. The van der Waals surface area contributed by atoms with Gasteiger partial charge < -0.3 is 32.7 Å². The molecule has 0 aliphatic carbocycles. The van der Waals surface area contributed by atoms with E-state index < -0.39 is 17.7 Å². The quantitative estimate of drug-likeness (QED) is 0.0404. The molecule has 2 amide bonds. The summed E-state index contributed by atoms with van der Waals surface area (Å²) in [6.07, 6.45) is 0.940. The number of nitrogens with zero attached hydrogens (tertiary/aromatic N) is 9. The molecule has 0 bridgehead atoms. The molecule has 336 valence electrons. The van der Waals surface area contributed by atoms with Crippen LogP contribution in [0.15, 0.2) is 38.6 Å². The maximum atomic E-state index is 13.4. The minimum atomic E-state index is -0.716. The van der Waals surface area contributed by atoms with Crippen LogP contribution in [0.3, 0.4) is 0 Å². The lowest BCUT2D eigenvalue weighted by atomic mass is 9.96. The van der Waals surface area contributed by atoms with E-state index in [9.17, 15) is 19.2 Å². The van der Waals surface area contributed by atoms with Gasteiger partial charge in [0, 0.05) is 64.6 Å². The van der Waals surface area contributed by atoms with Gasteiger partial charge in [0.25, 0.3) is 0 Å². The molecule has 30 heteroatoms. The molecule has 0 aromatic carbocycles. The van der Waals surface area contributed by atoms with E-state index in [4.69, 9.17) is 35.0 Å². The van der Waals surface area contributed by atoms with Crippen LogP contribution in [0.5, 0.6) is 0 Å². The first kappa shape index (κ1) is 49.6. The lowest BCUT2D eigenvalue weighted by molar-refractivity contribution is -0.161. The lowest BCUT2D eigenvalue weighted by Crippen LogP contribution is -2.39. The van der Waals surface area contributed by atoms with Crippen molar-refractivity contribution in [3.8, 4) is 0 Å². The average Bonchev–Trinajstić information content (AvgIpc) is 4.08. The molecule has 2 unspecified atom stereocenters. The highest BCUT2D eigenvalue weighted by Crippen LogP contribution is 2.30. The Labute approximate surface area is 364 Å². The zero-order valence-electron chi connectivity index (χ0n) is 33.3. The minimum absolute atomic E-state index is 0.0234. The van der Waals surface area contributed by atoms with E-state index in [1.807, 2.05) is 0 Å². The molecule has 0 fully saturated rings. The van der Waals surface area contributed by atoms with Gasteiger partial charge in [0.05, 0.1) is 40.3 Å². The second-order valence-corrected chi connectivity index (χ2v) is 14.8. The van der Waals surface area contributed by atoms with Crippen LogP contribution in [0.2, 0.25) is 0 Å². The summed E-state index contributed by atoms with van der Waals surface area (Å²) in [4.78, 5) is 71.3. The predicted octanol–water partition coefficient (Wildman–Crippen LogP) is 3.75. The van der Waals surface area contributed by atoms with Crippen LogP contribution in [-0.2, 0) is 68.9 Å². The molecule has 0 radical (unpaired) electrons. The average molecular weight is 939 g/mol. The molecule has 4 aromatic rings. The van der Waals surface area contributed by atoms with Gasteiger partial charge in [-0.15, -0.1) is 20.4 Å². The normalized spacial score (nSPS) is 12.4. The number of hydrogen-bond acceptors (Lipinski definition) is 28. The molecule has 2 atom stereocenters. The lowest BCUT2D eigenvalue weighted by Gasteiger charge is -2.23. The molecule has 1 N–H and O–H groups in total. The van der Waals surface area contributed by atoms with Crippen LogP contribution in [0.4, 0.5) is 0 Å². The second-order valence-electron chi connectivity index (χ2n) is 12.1.